The predicted molar refractivity (Wildman–Crippen MR) is 78.1 cm³/mol. The third-order valence-electron chi connectivity index (χ3n) is 2.68. The molecular formula is C13H21N3O3S. The second-order valence-electron chi connectivity index (χ2n) is 4.97. The lowest BCUT2D eigenvalue weighted by atomic mass is 10.1. The van der Waals surface area contributed by atoms with Crippen LogP contribution < -0.4 is 10.6 Å². The normalized spacial score (nSPS) is 10.6. The number of carboxylic acid groups (broad SMARTS) is 1. The molecule has 3 N–H and O–H groups in total. The zero-order valence-electron chi connectivity index (χ0n) is 12.0. The topological polar surface area (TPSA) is 91.3 Å². The molecule has 1 heterocycles. The van der Waals surface area contributed by atoms with E-state index in [1.54, 1.807) is 6.92 Å². The second-order valence-corrected chi connectivity index (χ2v) is 6.06. The molecule has 0 aliphatic heterocycles. The Morgan fingerprint density at radius 2 is 2.05 bits per heavy atom. The third-order valence-corrected chi connectivity index (χ3v) is 3.82. The second kappa shape index (κ2) is 7.84. The van der Waals surface area contributed by atoms with Crippen molar-refractivity contribution in [2.45, 2.75) is 40.2 Å². The highest BCUT2D eigenvalue weighted by Crippen LogP contribution is 2.17. The van der Waals surface area contributed by atoms with Gasteiger partial charge in [0.1, 0.15) is 9.88 Å². The number of carboxylic acids is 1. The molecule has 0 atom stereocenters. The van der Waals surface area contributed by atoms with E-state index >= 15 is 0 Å². The van der Waals surface area contributed by atoms with Crippen molar-refractivity contribution in [1.82, 2.24) is 15.6 Å². The predicted octanol–water partition coefficient (Wildman–Crippen LogP) is 2.39. The molecule has 20 heavy (non-hydrogen) atoms. The van der Waals surface area contributed by atoms with Crippen molar-refractivity contribution in [3.63, 3.8) is 0 Å². The molecule has 0 aromatic carbocycles. The Hall–Kier alpha value is -1.63. The van der Waals surface area contributed by atoms with Crippen LogP contribution in [-0.4, -0.2) is 28.6 Å². The highest BCUT2D eigenvalue weighted by molar-refractivity contribution is 7.13. The number of thiazole rings is 1. The fourth-order valence-corrected chi connectivity index (χ4v) is 2.50. The smallest absolute Gasteiger partial charge is 0.347 e. The summed E-state index contributed by atoms with van der Waals surface area (Å²) < 4.78 is 0. The molecule has 0 unspecified atom stereocenters. The summed E-state index contributed by atoms with van der Waals surface area (Å²) in [6.45, 7) is 6.82. The van der Waals surface area contributed by atoms with Crippen LogP contribution >= 0.6 is 11.3 Å². The molecule has 1 aromatic heterocycles. The van der Waals surface area contributed by atoms with Crippen LogP contribution in [-0.2, 0) is 6.54 Å². The SMILES string of the molecule is Cc1nc(CNC(=O)NCCCC(C)C)sc1C(=O)O. The maximum absolute atomic E-state index is 11.5. The number of hydrogen-bond donors (Lipinski definition) is 3. The molecular weight excluding hydrogens is 278 g/mol. The summed E-state index contributed by atoms with van der Waals surface area (Å²) >= 11 is 1.09. The highest BCUT2D eigenvalue weighted by Gasteiger charge is 2.14. The lowest BCUT2D eigenvalue weighted by Crippen LogP contribution is -2.35. The summed E-state index contributed by atoms with van der Waals surface area (Å²) in [6.07, 6.45) is 2.03. The number of amides is 2. The van der Waals surface area contributed by atoms with E-state index in [2.05, 4.69) is 29.5 Å². The minimum atomic E-state index is -0.982. The van der Waals surface area contributed by atoms with Crippen molar-refractivity contribution in [2.24, 2.45) is 5.92 Å². The molecule has 0 radical (unpaired) electrons. The highest BCUT2D eigenvalue weighted by atomic mass is 32.1. The Labute approximate surface area is 122 Å². The summed E-state index contributed by atoms with van der Waals surface area (Å²) in [5, 5.41) is 14.9. The Bertz CT molecular complexity index is 471. The van der Waals surface area contributed by atoms with Crippen LogP contribution in [0.4, 0.5) is 4.79 Å². The van der Waals surface area contributed by atoms with Crippen LogP contribution in [0.1, 0.15) is 47.1 Å². The molecule has 6 nitrogen and oxygen atoms in total. The molecule has 7 heteroatoms. The van der Waals surface area contributed by atoms with Crippen molar-refractivity contribution in [3.05, 3.63) is 15.6 Å². The molecule has 0 saturated heterocycles. The fourth-order valence-electron chi connectivity index (χ4n) is 1.66. The largest absolute Gasteiger partial charge is 0.477 e. The number of carbonyl (C=O) groups is 2. The van der Waals surface area contributed by atoms with Gasteiger partial charge in [0.15, 0.2) is 0 Å². The Balaban J connectivity index is 2.30. The molecule has 0 fully saturated rings. The van der Waals surface area contributed by atoms with Crippen molar-refractivity contribution >= 4 is 23.3 Å². The molecule has 2 amide bonds. The van der Waals surface area contributed by atoms with Crippen molar-refractivity contribution in [3.8, 4) is 0 Å². The number of nitrogens with one attached hydrogen (secondary N) is 2. The zero-order chi connectivity index (χ0) is 15.1. The monoisotopic (exact) mass is 299 g/mol. The number of nitrogens with zero attached hydrogens (tertiary/aromatic N) is 1. The van der Waals surface area contributed by atoms with Gasteiger partial charge >= 0.3 is 12.0 Å². The van der Waals surface area contributed by atoms with E-state index in [1.165, 1.54) is 0 Å². The maximum Gasteiger partial charge on any atom is 0.347 e. The van der Waals surface area contributed by atoms with Crippen molar-refractivity contribution < 1.29 is 14.7 Å². The number of hydrogen-bond acceptors (Lipinski definition) is 4. The molecule has 1 rings (SSSR count). The quantitative estimate of drug-likeness (QED) is 0.674. The minimum Gasteiger partial charge on any atom is -0.477 e. The van der Waals surface area contributed by atoms with E-state index in [1.807, 2.05) is 0 Å². The molecule has 0 aliphatic carbocycles. The zero-order valence-corrected chi connectivity index (χ0v) is 12.8. The lowest BCUT2D eigenvalue weighted by Gasteiger charge is -2.07. The molecule has 112 valence electrons. The van der Waals surface area contributed by atoms with Gasteiger partial charge in [-0.3, -0.25) is 0 Å². The van der Waals surface area contributed by atoms with E-state index in [0.29, 0.717) is 23.2 Å². The number of carbonyl (C=O) groups excluding carboxylic acids is 1. The first-order chi connectivity index (χ1) is 9.40. The number of aryl methyl sites for hydroxylation is 1. The van der Waals surface area contributed by atoms with E-state index in [9.17, 15) is 9.59 Å². The molecule has 0 saturated carbocycles. The van der Waals surface area contributed by atoms with Crippen LogP contribution in [0.15, 0.2) is 0 Å². The number of rotatable bonds is 7. The molecule has 1 aromatic rings. The first-order valence-electron chi connectivity index (χ1n) is 6.61. The van der Waals surface area contributed by atoms with Crippen molar-refractivity contribution in [2.75, 3.05) is 6.54 Å². The lowest BCUT2D eigenvalue weighted by molar-refractivity contribution is 0.0701. The van der Waals surface area contributed by atoms with Gasteiger partial charge in [0, 0.05) is 6.54 Å². The Morgan fingerprint density at radius 3 is 2.60 bits per heavy atom. The molecule has 0 bridgehead atoms. The maximum atomic E-state index is 11.5. The van der Waals surface area contributed by atoms with E-state index in [4.69, 9.17) is 5.11 Å². The summed E-state index contributed by atoms with van der Waals surface area (Å²) in [6, 6.07) is -0.251. The van der Waals surface area contributed by atoms with Gasteiger partial charge in [-0.15, -0.1) is 11.3 Å². The number of urea groups is 1. The van der Waals surface area contributed by atoms with E-state index in [0.717, 1.165) is 24.2 Å². The first-order valence-corrected chi connectivity index (χ1v) is 7.43. The van der Waals surface area contributed by atoms with Crippen molar-refractivity contribution in [1.29, 1.82) is 0 Å². The van der Waals surface area contributed by atoms with Crippen LogP contribution in [0.2, 0.25) is 0 Å². The molecule has 0 spiro atoms. The standard InChI is InChI=1S/C13H21N3O3S/c1-8(2)5-4-6-14-13(19)15-7-10-16-9(3)11(20-10)12(17)18/h8H,4-7H2,1-3H3,(H,17,18)(H2,14,15,19). The summed E-state index contributed by atoms with van der Waals surface area (Å²) in [4.78, 5) is 26.7. The van der Waals surface area contributed by atoms with Gasteiger partial charge in [0.25, 0.3) is 0 Å². The number of aromatic carboxylic acids is 1. The van der Waals surface area contributed by atoms with Gasteiger partial charge in [0.05, 0.1) is 12.2 Å². The van der Waals surface area contributed by atoms with Gasteiger partial charge in [-0.2, -0.15) is 0 Å². The first kappa shape index (κ1) is 16.4. The minimum absolute atomic E-state index is 0.221. The van der Waals surface area contributed by atoms with Gasteiger partial charge in [-0.25, -0.2) is 14.6 Å². The average molecular weight is 299 g/mol. The van der Waals surface area contributed by atoms with Gasteiger partial charge in [-0.05, 0) is 25.7 Å². The Morgan fingerprint density at radius 1 is 1.35 bits per heavy atom. The van der Waals surface area contributed by atoms with Crippen LogP contribution in [0.25, 0.3) is 0 Å². The van der Waals surface area contributed by atoms with Crippen LogP contribution in [0.3, 0.4) is 0 Å². The summed E-state index contributed by atoms with van der Waals surface area (Å²) in [7, 11) is 0. The number of aromatic nitrogens is 1. The van der Waals surface area contributed by atoms with E-state index in [-0.39, 0.29) is 17.5 Å². The van der Waals surface area contributed by atoms with Gasteiger partial charge in [-0.1, -0.05) is 13.8 Å². The van der Waals surface area contributed by atoms with Crippen LogP contribution in [0.5, 0.6) is 0 Å². The Kier molecular flexibility index (Phi) is 6.44. The molecule has 0 aliphatic rings. The fraction of sp³-hybridized carbons (Fsp3) is 0.615. The average Bonchev–Trinajstić information content (AvgIpc) is 2.73. The third kappa shape index (κ3) is 5.56. The van der Waals surface area contributed by atoms with Crippen LogP contribution in [0, 0.1) is 12.8 Å². The summed E-state index contributed by atoms with van der Waals surface area (Å²) in [5.41, 5.74) is 0.483. The van der Waals surface area contributed by atoms with E-state index < -0.39 is 5.97 Å². The summed E-state index contributed by atoms with van der Waals surface area (Å²) in [5.74, 6) is -0.350. The van der Waals surface area contributed by atoms with Gasteiger partial charge in [0.2, 0.25) is 0 Å². The van der Waals surface area contributed by atoms with Gasteiger partial charge < -0.3 is 15.7 Å².